The molecule has 1 fully saturated rings. The van der Waals surface area contributed by atoms with Crippen molar-refractivity contribution in [1.29, 1.82) is 0 Å². The zero-order valence-corrected chi connectivity index (χ0v) is 16.6. The number of nitrogens with two attached hydrogens (primary N) is 1. The minimum Gasteiger partial charge on any atom is -0.365 e. The Morgan fingerprint density at radius 1 is 1.32 bits per heavy atom. The number of nitrogens with one attached hydrogen (secondary N) is 1. The lowest BCUT2D eigenvalue weighted by atomic mass is 10.00. The molecule has 1 aromatic carbocycles. The highest BCUT2D eigenvalue weighted by atomic mass is 19.1. The van der Waals surface area contributed by atoms with Crippen LogP contribution in [-0.4, -0.2) is 49.9 Å². The van der Waals surface area contributed by atoms with Crippen molar-refractivity contribution in [3.8, 4) is 0 Å². The summed E-state index contributed by atoms with van der Waals surface area (Å²) in [5.74, 6) is -0.729. The van der Waals surface area contributed by atoms with E-state index in [1.54, 1.807) is 29.2 Å². The Morgan fingerprint density at radius 2 is 2.13 bits per heavy atom. The molecule has 10 heteroatoms. The summed E-state index contributed by atoms with van der Waals surface area (Å²) < 4.78 is 14.8. The fraction of sp³-hybridized carbons (Fsp3) is 0.286. The molecular formula is C21H21FN8O. The smallest absolute Gasteiger partial charge is 0.254 e. The molecule has 1 amide bonds. The Labute approximate surface area is 178 Å². The van der Waals surface area contributed by atoms with Crippen molar-refractivity contribution in [2.75, 3.05) is 18.4 Å². The lowest BCUT2D eigenvalue weighted by Gasteiger charge is -2.32. The number of halogens is 1. The highest BCUT2D eigenvalue weighted by Crippen LogP contribution is 2.28. The van der Waals surface area contributed by atoms with E-state index < -0.39 is 5.91 Å². The zero-order chi connectivity index (χ0) is 21.8. The van der Waals surface area contributed by atoms with Gasteiger partial charge in [0.15, 0.2) is 5.82 Å². The van der Waals surface area contributed by atoms with Gasteiger partial charge in [-0.2, -0.15) is 15.3 Å². The van der Waals surface area contributed by atoms with E-state index in [0.717, 1.165) is 12.2 Å². The Hall–Kier alpha value is -3.84. The first-order chi connectivity index (χ1) is 15.0. The molecule has 1 unspecified atom stereocenters. The molecule has 1 aliphatic rings. The predicted molar refractivity (Wildman–Crippen MR) is 112 cm³/mol. The van der Waals surface area contributed by atoms with Crippen molar-refractivity contribution in [1.82, 2.24) is 24.9 Å². The number of rotatable bonds is 6. The molecule has 1 aliphatic heterocycles. The maximum atomic E-state index is 13.2. The Bertz CT molecular complexity index is 1090. The van der Waals surface area contributed by atoms with Crippen LogP contribution in [0.25, 0.3) is 4.85 Å². The number of amides is 1. The summed E-state index contributed by atoms with van der Waals surface area (Å²) in [5.41, 5.74) is 7.18. The first-order valence-corrected chi connectivity index (χ1v) is 9.80. The van der Waals surface area contributed by atoms with E-state index in [0.29, 0.717) is 25.2 Å². The number of primary amides is 1. The van der Waals surface area contributed by atoms with Gasteiger partial charge >= 0.3 is 0 Å². The van der Waals surface area contributed by atoms with Gasteiger partial charge < -0.3 is 15.9 Å². The summed E-state index contributed by atoms with van der Waals surface area (Å²) in [6, 6.07) is 8.92. The van der Waals surface area contributed by atoms with Gasteiger partial charge in [-0.3, -0.25) is 14.4 Å². The average molecular weight is 420 g/mol. The lowest BCUT2D eigenvalue weighted by Crippen LogP contribution is -2.43. The van der Waals surface area contributed by atoms with Crippen molar-refractivity contribution in [2.45, 2.75) is 25.0 Å². The number of piperidine rings is 1. The maximum Gasteiger partial charge on any atom is 0.254 e. The van der Waals surface area contributed by atoms with E-state index in [-0.39, 0.29) is 29.3 Å². The number of hydrogen-bond acceptors (Lipinski definition) is 6. The SMILES string of the molecule is [C-]#[N+][C@@H]1CCN(Cc2cccnn2)CC1n1cc(C(N)=O)c(Nc2ccc(F)cc2)n1. The van der Waals surface area contributed by atoms with E-state index in [2.05, 4.69) is 30.4 Å². The minimum absolute atomic E-state index is 0.208. The number of carbonyl (C=O) groups is 1. The van der Waals surface area contributed by atoms with Gasteiger partial charge in [-0.05, 0) is 36.4 Å². The van der Waals surface area contributed by atoms with Crippen LogP contribution in [0.4, 0.5) is 15.9 Å². The van der Waals surface area contributed by atoms with E-state index >= 15 is 0 Å². The van der Waals surface area contributed by atoms with Crippen LogP contribution >= 0.6 is 0 Å². The van der Waals surface area contributed by atoms with Crippen molar-refractivity contribution >= 4 is 17.4 Å². The van der Waals surface area contributed by atoms with Gasteiger partial charge in [0.05, 0.1) is 5.69 Å². The van der Waals surface area contributed by atoms with E-state index in [1.165, 1.54) is 12.1 Å². The van der Waals surface area contributed by atoms with Crippen LogP contribution in [0.15, 0.2) is 48.8 Å². The van der Waals surface area contributed by atoms with Crippen molar-refractivity contribution < 1.29 is 9.18 Å². The van der Waals surface area contributed by atoms with Crippen molar-refractivity contribution in [3.05, 3.63) is 77.3 Å². The van der Waals surface area contributed by atoms with Gasteiger partial charge in [0.2, 0.25) is 6.04 Å². The summed E-state index contributed by atoms with van der Waals surface area (Å²) in [5, 5.41) is 15.6. The minimum atomic E-state index is -0.637. The molecular weight excluding hydrogens is 399 g/mol. The molecule has 0 aliphatic carbocycles. The van der Waals surface area contributed by atoms with Gasteiger partial charge in [0, 0.05) is 44.1 Å². The lowest BCUT2D eigenvalue weighted by molar-refractivity contribution is 0.100. The van der Waals surface area contributed by atoms with Crippen LogP contribution < -0.4 is 11.1 Å². The third kappa shape index (κ3) is 4.67. The molecule has 3 aromatic rings. The molecule has 9 nitrogen and oxygen atoms in total. The van der Waals surface area contributed by atoms with Gasteiger partial charge in [-0.25, -0.2) is 11.0 Å². The van der Waals surface area contributed by atoms with Gasteiger partial charge in [-0.15, -0.1) is 0 Å². The summed E-state index contributed by atoms with van der Waals surface area (Å²) in [6.45, 7) is 9.54. The predicted octanol–water partition coefficient (Wildman–Crippen LogP) is 2.39. The van der Waals surface area contributed by atoms with Crippen molar-refractivity contribution in [2.24, 2.45) is 5.73 Å². The molecule has 4 rings (SSSR count). The molecule has 3 N–H and O–H groups in total. The summed E-state index contributed by atoms with van der Waals surface area (Å²) >= 11 is 0. The van der Waals surface area contributed by atoms with Crippen LogP contribution in [0.5, 0.6) is 0 Å². The monoisotopic (exact) mass is 420 g/mol. The molecule has 1 saturated heterocycles. The largest absolute Gasteiger partial charge is 0.365 e. The highest BCUT2D eigenvalue weighted by Gasteiger charge is 2.36. The van der Waals surface area contributed by atoms with Crippen LogP contribution in [-0.2, 0) is 6.54 Å². The molecule has 0 radical (unpaired) electrons. The standard InChI is InChI=1S/C21H21FN8O/c1-24-18-8-10-29(11-16-3-2-9-25-27-16)13-19(18)30-12-17(20(23)31)21(28-30)26-15-6-4-14(22)5-7-15/h2-7,9,12,18-19H,8,10-11,13H2,(H2,23,31)(H,26,28)/t18-,19?/m1/s1. The second-order valence-corrected chi connectivity index (χ2v) is 7.37. The number of likely N-dealkylation sites (tertiary alicyclic amines) is 1. The fourth-order valence-corrected chi connectivity index (χ4v) is 3.69. The number of carbonyl (C=O) groups excluding carboxylic acids is 1. The number of hydrogen-bond donors (Lipinski definition) is 2. The number of nitrogens with zero attached hydrogens (tertiary/aromatic N) is 6. The molecule has 0 saturated carbocycles. The number of anilines is 2. The maximum absolute atomic E-state index is 13.2. The van der Waals surface area contributed by atoms with Crippen molar-refractivity contribution in [3.63, 3.8) is 0 Å². The number of benzene rings is 1. The van der Waals surface area contributed by atoms with Crippen LogP contribution in [0.3, 0.4) is 0 Å². The first-order valence-electron chi connectivity index (χ1n) is 9.80. The number of aromatic nitrogens is 4. The average Bonchev–Trinajstić information content (AvgIpc) is 3.20. The van der Waals surface area contributed by atoms with Crippen LogP contribution in [0, 0.1) is 12.4 Å². The fourth-order valence-electron chi connectivity index (χ4n) is 3.69. The third-order valence-corrected chi connectivity index (χ3v) is 5.25. The zero-order valence-electron chi connectivity index (χ0n) is 16.6. The third-order valence-electron chi connectivity index (χ3n) is 5.25. The second-order valence-electron chi connectivity index (χ2n) is 7.37. The molecule has 2 aromatic heterocycles. The Kier molecular flexibility index (Phi) is 5.86. The normalized spacial score (nSPS) is 19.0. The first kappa shape index (κ1) is 20.4. The van der Waals surface area contributed by atoms with Crippen LogP contribution in [0.1, 0.15) is 28.5 Å². The molecule has 31 heavy (non-hydrogen) atoms. The van der Waals surface area contributed by atoms with Gasteiger partial charge in [0.1, 0.15) is 17.4 Å². The van der Waals surface area contributed by atoms with E-state index in [9.17, 15) is 9.18 Å². The molecule has 0 spiro atoms. The highest BCUT2D eigenvalue weighted by molar-refractivity contribution is 5.98. The van der Waals surface area contributed by atoms with Gasteiger partial charge in [0.25, 0.3) is 5.91 Å². The Morgan fingerprint density at radius 3 is 2.81 bits per heavy atom. The Balaban J connectivity index is 1.59. The summed E-state index contributed by atoms with van der Waals surface area (Å²) in [7, 11) is 0. The summed E-state index contributed by atoms with van der Waals surface area (Å²) in [6.07, 6.45) is 3.87. The molecule has 2 atom stereocenters. The molecule has 158 valence electrons. The van der Waals surface area contributed by atoms with Gasteiger partial charge in [-0.1, -0.05) is 0 Å². The quantitative estimate of drug-likeness (QED) is 0.593. The van der Waals surface area contributed by atoms with E-state index in [4.69, 9.17) is 12.3 Å². The molecule has 0 bridgehead atoms. The second kappa shape index (κ2) is 8.89. The molecule has 3 heterocycles. The van der Waals surface area contributed by atoms with Crippen LogP contribution in [0.2, 0.25) is 0 Å². The topological polar surface area (TPSA) is 106 Å². The summed E-state index contributed by atoms with van der Waals surface area (Å²) in [4.78, 5) is 18.0. The van der Waals surface area contributed by atoms with E-state index in [1.807, 2.05) is 12.1 Å².